The zero-order valence-corrected chi connectivity index (χ0v) is 10.8. The minimum Gasteiger partial charge on any atom is -0.478 e. The Hall–Kier alpha value is -2.40. The van der Waals surface area contributed by atoms with E-state index in [1.807, 2.05) is 0 Å². The summed E-state index contributed by atoms with van der Waals surface area (Å²) in [6, 6.07) is 9.34. The molecule has 0 fully saturated rings. The maximum atomic E-state index is 13.2. The summed E-state index contributed by atoms with van der Waals surface area (Å²) in [6.07, 6.45) is 0. The molecule has 0 aliphatic carbocycles. The van der Waals surface area contributed by atoms with Gasteiger partial charge >= 0.3 is 5.97 Å². The summed E-state index contributed by atoms with van der Waals surface area (Å²) in [7, 11) is 0. The standard InChI is InChI=1S/C14H9ClFNO3/c15-11-6-3-9(7-12(11)16)13(18)17-10-4-1-8(2-5-10)14(19)20/h1-7H,(H,17,18)(H,19,20). The summed E-state index contributed by atoms with van der Waals surface area (Å²) in [4.78, 5) is 22.5. The first-order valence-corrected chi connectivity index (χ1v) is 5.95. The molecular weight excluding hydrogens is 285 g/mol. The summed E-state index contributed by atoms with van der Waals surface area (Å²) >= 11 is 5.53. The Morgan fingerprint density at radius 3 is 2.20 bits per heavy atom. The van der Waals surface area contributed by atoms with Crippen LogP contribution in [-0.2, 0) is 0 Å². The number of aromatic carboxylic acids is 1. The number of carboxylic acids is 1. The van der Waals surface area contributed by atoms with Gasteiger partial charge in [0.1, 0.15) is 5.82 Å². The Bertz CT molecular complexity index is 671. The second kappa shape index (κ2) is 5.71. The number of anilines is 1. The first-order chi connectivity index (χ1) is 9.47. The van der Waals surface area contributed by atoms with Crippen LogP contribution in [0, 0.1) is 5.82 Å². The largest absolute Gasteiger partial charge is 0.478 e. The van der Waals surface area contributed by atoms with E-state index in [-0.39, 0.29) is 16.1 Å². The lowest BCUT2D eigenvalue weighted by Gasteiger charge is -2.06. The SMILES string of the molecule is O=C(O)c1ccc(NC(=O)c2ccc(Cl)c(F)c2)cc1. The molecule has 2 N–H and O–H groups in total. The number of hydrogen-bond donors (Lipinski definition) is 2. The Kier molecular flexibility index (Phi) is 4.00. The van der Waals surface area contributed by atoms with Crippen molar-refractivity contribution in [1.82, 2.24) is 0 Å². The fraction of sp³-hybridized carbons (Fsp3) is 0. The molecule has 2 aromatic rings. The van der Waals surface area contributed by atoms with E-state index in [1.165, 1.54) is 36.4 Å². The average molecular weight is 294 g/mol. The Balaban J connectivity index is 2.14. The van der Waals surface area contributed by atoms with Crippen molar-refractivity contribution >= 4 is 29.2 Å². The van der Waals surface area contributed by atoms with Crippen molar-refractivity contribution in [2.45, 2.75) is 0 Å². The van der Waals surface area contributed by atoms with E-state index in [0.29, 0.717) is 5.69 Å². The van der Waals surface area contributed by atoms with Gasteiger partial charge in [0.25, 0.3) is 5.91 Å². The van der Waals surface area contributed by atoms with E-state index < -0.39 is 17.7 Å². The predicted molar refractivity (Wildman–Crippen MR) is 72.8 cm³/mol. The van der Waals surface area contributed by atoms with Gasteiger partial charge in [0.05, 0.1) is 10.6 Å². The lowest BCUT2D eigenvalue weighted by atomic mass is 10.2. The summed E-state index contributed by atoms with van der Waals surface area (Å²) in [5.74, 6) is -2.24. The van der Waals surface area contributed by atoms with Gasteiger partial charge in [-0.15, -0.1) is 0 Å². The van der Waals surface area contributed by atoms with Crippen LogP contribution >= 0.6 is 11.6 Å². The van der Waals surface area contributed by atoms with E-state index in [9.17, 15) is 14.0 Å². The van der Waals surface area contributed by atoms with Gasteiger partial charge in [-0.25, -0.2) is 9.18 Å². The van der Waals surface area contributed by atoms with Crippen LogP contribution in [0.5, 0.6) is 0 Å². The van der Waals surface area contributed by atoms with Crippen molar-refractivity contribution in [3.63, 3.8) is 0 Å². The number of hydrogen-bond acceptors (Lipinski definition) is 2. The molecule has 0 aromatic heterocycles. The van der Waals surface area contributed by atoms with Gasteiger partial charge in [-0.05, 0) is 42.5 Å². The van der Waals surface area contributed by atoms with Gasteiger partial charge in [0, 0.05) is 11.3 Å². The number of nitrogens with one attached hydrogen (secondary N) is 1. The number of rotatable bonds is 3. The van der Waals surface area contributed by atoms with E-state index in [2.05, 4.69) is 5.32 Å². The second-order valence-electron chi connectivity index (χ2n) is 3.97. The molecule has 0 saturated carbocycles. The molecule has 0 unspecified atom stereocenters. The Labute approximate surface area is 118 Å². The molecule has 0 atom stereocenters. The molecule has 0 aliphatic rings. The van der Waals surface area contributed by atoms with Crippen LogP contribution in [0.4, 0.5) is 10.1 Å². The topological polar surface area (TPSA) is 66.4 Å². The van der Waals surface area contributed by atoms with Gasteiger partial charge in [-0.3, -0.25) is 4.79 Å². The van der Waals surface area contributed by atoms with Crippen LogP contribution in [-0.4, -0.2) is 17.0 Å². The van der Waals surface area contributed by atoms with Crippen LogP contribution in [0.2, 0.25) is 5.02 Å². The third-order valence-electron chi connectivity index (χ3n) is 2.57. The minimum absolute atomic E-state index is 0.0626. The number of amides is 1. The molecule has 0 bridgehead atoms. The minimum atomic E-state index is -1.05. The van der Waals surface area contributed by atoms with E-state index in [1.54, 1.807) is 0 Å². The number of benzene rings is 2. The highest BCUT2D eigenvalue weighted by atomic mass is 35.5. The third-order valence-corrected chi connectivity index (χ3v) is 2.88. The lowest BCUT2D eigenvalue weighted by Crippen LogP contribution is -2.12. The van der Waals surface area contributed by atoms with Gasteiger partial charge in [-0.1, -0.05) is 11.6 Å². The quantitative estimate of drug-likeness (QED) is 0.911. The van der Waals surface area contributed by atoms with Gasteiger partial charge < -0.3 is 10.4 Å². The smallest absolute Gasteiger partial charge is 0.335 e. The fourth-order valence-corrected chi connectivity index (χ4v) is 1.65. The van der Waals surface area contributed by atoms with Crippen molar-refractivity contribution < 1.29 is 19.1 Å². The highest BCUT2D eigenvalue weighted by molar-refractivity contribution is 6.30. The number of carbonyl (C=O) groups excluding carboxylic acids is 1. The normalized spacial score (nSPS) is 10.1. The van der Waals surface area contributed by atoms with Crippen LogP contribution in [0.3, 0.4) is 0 Å². The lowest BCUT2D eigenvalue weighted by molar-refractivity contribution is 0.0696. The monoisotopic (exact) mass is 293 g/mol. The highest BCUT2D eigenvalue weighted by Crippen LogP contribution is 2.17. The van der Waals surface area contributed by atoms with Crippen molar-refractivity contribution in [3.8, 4) is 0 Å². The zero-order valence-electron chi connectivity index (χ0n) is 10.1. The van der Waals surface area contributed by atoms with Crippen LogP contribution in [0.15, 0.2) is 42.5 Å². The molecule has 0 radical (unpaired) electrons. The van der Waals surface area contributed by atoms with Crippen LogP contribution in [0.25, 0.3) is 0 Å². The van der Waals surface area contributed by atoms with Crippen molar-refractivity contribution in [3.05, 3.63) is 64.4 Å². The molecule has 2 aromatic carbocycles. The number of halogens is 2. The average Bonchev–Trinajstić information content (AvgIpc) is 2.42. The molecule has 1 amide bonds. The fourth-order valence-electron chi connectivity index (χ4n) is 1.54. The van der Waals surface area contributed by atoms with Crippen molar-refractivity contribution in [1.29, 1.82) is 0 Å². The zero-order chi connectivity index (χ0) is 14.7. The maximum absolute atomic E-state index is 13.2. The molecule has 0 aliphatic heterocycles. The summed E-state index contributed by atoms with van der Waals surface area (Å²) in [5.41, 5.74) is 0.644. The Morgan fingerprint density at radius 2 is 1.65 bits per heavy atom. The first-order valence-electron chi connectivity index (χ1n) is 5.57. The molecule has 0 saturated heterocycles. The van der Waals surface area contributed by atoms with Gasteiger partial charge in [0.2, 0.25) is 0 Å². The maximum Gasteiger partial charge on any atom is 0.335 e. The summed E-state index contributed by atoms with van der Waals surface area (Å²) in [5, 5.41) is 11.2. The van der Waals surface area contributed by atoms with E-state index in [0.717, 1.165) is 6.07 Å². The molecule has 20 heavy (non-hydrogen) atoms. The van der Waals surface area contributed by atoms with Crippen LogP contribution < -0.4 is 5.32 Å². The number of carbonyl (C=O) groups is 2. The first kappa shape index (κ1) is 14.0. The van der Waals surface area contributed by atoms with E-state index >= 15 is 0 Å². The third kappa shape index (κ3) is 3.13. The summed E-state index contributed by atoms with van der Waals surface area (Å²) < 4.78 is 13.2. The van der Waals surface area contributed by atoms with E-state index in [4.69, 9.17) is 16.7 Å². The molecule has 2 rings (SSSR count). The summed E-state index contributed by atoms with van der Waals surface area (Å²) in [6.45, 7) is 0. The molecule has 0 heterocycles. The molecular formula is C14H9ClFNO3. The number of carboxylic acid groups (broad SMARTS) is 1. The second-order valence-corrected chi connectivity index (χ2v) is 4.37. The molecule has 4 nitrogen and oxygen atoms in total. The highest BCUT2D eigenvalue weighted by Gasteiger charge is 2.09. The van der Waals surface area contributed by atoms with Crippen LogP contribution in [0.1, 0.15) is 20.7 Å². The van der Waals surface area contributed by atoms with Gasteiger partial charge in [-0.2, -0.15) is 0 Å². The molecule has 6 heteroatoms. The molecule has 102 valence electrons. The Morgan fingerprint density at radius 1 is 1.05 bits per heavy atom. The van der Waals surface area contributed by atoms with Crippen molar-refractivity contribution in [2.24, 2.45) is 0 Å². The van der Waals surface area contributed by atoms with Gasteiger partial charge in [0.15, 0.2) is 0 Å². The molecule has 0 spiro atoms. The van der Waals surface area contributed by atoms with Crippen molar-refractivity contribution in [2.75, 3.05) is 5.32 Å². The predicted octanol–water partition coefficient (Wildman–Crippen LogP) is 3.43.